The van der Waals surface area contributed by atoms with Crippen LogP contribution in [0.25, 0.3) is 6.08 Å². The van der Waals surface area contributed by atoms with Crippen LogP contribution in [0.2, 0.25) is 0 Å². The number of carbonyl (C=O) groups excluding carboxylic acids is 1. The molecular formula is C23H30N4O2. The van der Waals surface area contributed by atoms with Crippen molar-refractivity contribution in [3.63, 3.8) is 0 Å². The predicted octanol–water partition coefficient (Wildman–Crippen LogP) is 3.99. The standard InChI is InChI=1S/C23H30N4O2/c1-15(2)23-24-17(4)14-21(25-23)26-9-11-27(12-10-26)22(28)8-6-18-5-7-20(29-18)19-13-16(19)3/h5-8,14-16,19H,9-13H2,1-4H3/b8-6+/t16-,19+/m1/s1. The number of carbonyl (C=O) groups is 1. The van der Waals surface area contributed by atoms with Crippen LogP contribution in [0.1, 0.15) is 62.1 Å². The Morgan fingerprint density at radius 2 is 1.93 bits per heavy atom. The van der Waals surface area contributed by atoms with E-state index in [1.807, 2.05) is 30.0 Å². The van der Waals surface area contributed by atoms with Gasteiger partial charge in [-0.1, -0.05) is 20.8 Å². The molecule has 0 aromatic carbocycles. The molecule has 1 saturated carbocycles. The monoisotopic (exact) mass is 394 g/mol. The molecule has 1 aliphatic carbocycles. The molecular weight excluding hydrogens is 364 g/mol. The Morgan fingerprint density at radius 1 is 1.21 bits per heavy atom. The summed E-state index contributed by atoms with van der Waals surface area (Å²) < 4.78 is 5.85. The van der Waals surface area contributed by atoms with Crippen LogP contribution in [0.3, 0.4) is 0 Å². The average Bonchev–Trinajstić information content (AvgIpc) is 3.25. The summed E-state index contributed by atoms with van der Waals surface area (Å²) in [5.74, 6) is 5.23. The zero-order valence-corrected chi connectivity index (χ0v) is 17.8. The van der Waals surface area contributed by atoms with Crippen LogP contribution in [0.4, 0.5) is 5.82 Å². The van der Waals surface area contributed by atoms with Crippen LogP contribution in [-0.2, 0) is 4.79 Å². The molecule has 0 spiro atoms. The molecule has 3 heterocycles. The van der Waals surface area contributed by atoms with Gasteiger partial charge in [0.05, 0.1) is 0 Å². The van der Waals surface area contributed by atoms with E-state index in [1.165, 1.54) is 6.42 Å². The van der Waals surface area contributed by atoms with E-state index in [1.54, 1.807) is 12.2 Å². The molecule has 2 fully saturated rings. The lowest BCUT2D eigenvalue weighted by Gasteiger charge is -2.35. The summed E-state index contributed by atoms with van der Waals surface area (Å²) in [6, 6.07) is 6.01. The van der Waals surface area contributed by atoms with Crippen molar-refractivity contribution in [1.82, 2.24) is 14.9 Å². The summed E-state index contributed by atoms with van der Waals surface area (Å²) in [4.78, 5) is 25.9. The van der Waals surface area contributed by atoms with Crippen molar-refractivity contribution in [2.45, 2.75) is 46.0 Å². The van der Waals surface area contributed by atoms with Crippen LogP contribution >= 0.6 is 0 Å². The van der Waals surface area contributed by atoms with E-state index in [9.17, 15) is 4.79 Å². The number of aryl methyl sites for hydroxylation is 1. The highest BCUT2D eigenvalue weighted by Gasteiger charge is 2.36. The molecule has 0 N–H and O–H groups in total. The Morgan fingerprint density at radius 3 is 2.59 bits per heavy atom. The van der Waals surface area contributed by atoms with Gasteiger partial charge in [0.15, 0.2) is 0 Å². The molecule has 0 radical (unpaired) electrons. The molecule has 2 aliphatic rings. The number of hydrogen-bond acceptors (Lipinski definition) is 5. The summed E-state index contributed by atoms with van der Waals surface area (Å²) in [5.41, 5.74) is 0.985. The van der Waals surface area contributed by atoms with E-state index < -0.39 is 0 Å². The fourth-order valence-electron chi connectivity index (χ4n) is 3.79. The first-order chi connectivity index (χ1) is 13.9. The third-order valence-corrected chi connectivity index (χ3v) is 5.80. The molecule has 4 rings (SSSR count). The molecule has 1 saturated heterocycles. The van der Waals surface area contributed by atoms with Gasteiger partial charge in [0.25, 0.3) is 0 Å². The largest absolute Gasteiger partial charge is 0.461 e. The molecule has 6 heteroatoms. The Kier molecular flexibility index (Phi) is 5.43. The maximum Gasteiger partial charge on any atom is 0.246 e. The number of amides is 1. The summed E-state index contributed by atoms with van der Waals surface area (Å²) in [7, 11) is 0. The Labute approximate surface area is 172 Å². The number of aromatic nitrogens is 2. The molecule has 0 bridgehead atoms. The van der Waals surface area contributed by atoms with Crippen LogP contribution < -0.4 is 4.90 Å². The SMILES string of the molecule is Cc1cc(N2CCN(C(=O)/C=C/c3ccc([C@H]4C[C@H]4C)o3)CC2)nc(C(C)C)n1. The molecule has 29 heavy (non-hydrogen) atoms. The lowest BCUT2D eigenvalue weighted by atomic mass is 10.2. The van der Waals surface area contributed by atoms with Crippen molar-refractivity contribution in [3.8, 4) is 0 Å². The lowest BCUT2D eigenvalue weighted by molar-refractivity contribution is -0.126. The summed E-state index contributed by atoms with van der Waals surface area (Å²) in [6.45, 7) is 11.4. The van der Waals surface area contributed by atoms with E-state index in [-0.39, 0.29) is 5.91 Å². The molecule has 154 valence electrons. The zero-order valence-electron chi connectivity index (χ0n) is 17.8. The second kappa shape index (κ2) is 8.01. The van der Waals surface area contributed by atoms with Crippen molar-refractivity contribution < 1.29 is 9.21 Å². The quantitative estimate of drug-likeness (QED) is 0.718. The Bertz CT molecular complexity index is 909. The van der Waals surface area contributed by atoms with E-state index >= 15 is 0 Å². The van der Waals surface area contributed by atoms with Crippen LogP contribution in [0.5, 0.6) is 0 Å². The first-order valence-electron chi connectivity index (χ1n) is 10.6. The predicted molar refractivity (Wildman–Crippen MR) is 114 cm³/mol. The summed E-state index contributed by atoms with van der Waals surface area (Å²) in [5, 5.41) is 0. The van der Waals surface area contributed by atoms with Gasteiger partial charge in [-0.15, -0.1) is 0 Å². The molecule has 2 atom stereocenters. The highest BCUT2D eigenvalue weighted by Crippen LogP contribution is 2.47. The van der Waals surface area contributed by atoms with Crippen molar-refractivity contribution in [3.05, 3.63) is 47.3 Å². The zero-order chi connectivity index (χ0) is 20.5. The van der Waals surface area contributed by atoms with Gasteiger partial charge in [0, 0.05) is 55.9 Å². The van der Waals surface area contributed by atoms with Crippen molar-refractivity contribution in [2.24, 2.45) is 5.92 Å². The summed E-state index contributed by atoms with van der Waals surface area (Å²) in [6.07, 6.45) is 4.61. The maximum absolute atomic E-state index is 12.6. The molecule has 1 amide bonds. The highest BCUT2D eigenvalue weighted by atomic mass is 16.3. The maximum atomic E-state index is 12.6. The normalized spacial score (nSPS) is 22.0. The second-order valence-electron chi connectivity index (χ2n) is 8.59. The van der Waals surface area contributed by atoms with Gasteiger partial charge >= 0.3 is 0 Å². The minimum atomic E-state index is 0.0316. The second-order valence-corrected chi connectivity index (χ2v) is 8.59. The summed E-state index contributed by atoms with van der Waals surface area (Å²) >= 11 is 0. The van der Waals surface area contributed by atoms with Gasteiger partial charge in [-0.05, 0) is 37.5 Å². The van der Waals surface area contributed by atoms with Gasteiger partial charge < -0.3 is 14.2 Å². The van der Waals surface area contributed by atoms with Gasteiger partial charge in [-0.2, -0.15) is 0 Å². The van der Waals surface area contributed by atoms with Crippen molar-refractivity contribution >= 4 is 17.8 Å². The van der Waals surface area contributed by atoms with Gasteiger partial charge in [0.2, 0.25) is 5.91 Å². The number of furan rings is 1. The molecule has 2 aromatic rings. The molecule has 2 aromatic heterocycles. The number of anilines is 1. The van der Waals surface area contributed by atoms with Crippen molar-refractivity contribution in [2.75, 3.05) is 31.1 Å². The van der Waals surface area contributed by atoms with E-state index in [0.717, 1.165) is 41.9 Å². The highest BCUT2D eigenvalue weighted by molar-refractivity contribution is 5.91. The minimum Gasteiger partial charge on any atom is -0.461 e. The van der Waals surface area contributed by atoms with Crippen LogP contribution in [-0.4, -0.2) is 47.0 Å². The number of piperazine rings is 1. The minimum absolute atomic E-state index is 0.0316. The molecule has 1 aliphatic heterocycles. The van der Waals surface area contributed by atoms with E-state index in [2.05, 4.69) is 30.7 Å². The number of hydrogen-bond donors (Lipinski definition) is 0. The number of rotatable bonds is 5. The number of nitrogens with zero attached hydrogens (tertiary/aromatic N) is 4. The lowest BCUT2D eigenvalue weighted by Crippen LogP contribution is -2.48. The first kappa shape index (κ1) is 19.7. The fraction of sp³-hybridized carbons (Fsp3) is 0.522. The van der Waals surface area contributed by atoms with Crippen molar-refractivity contribution in [1.29, 1.82) is 0 Å². The van der Waals surface area contributed by atoms with Gasteiger partial charge in [0.1, 0.15) is 23.2 Å². The Balaban J connectivity index is 1.33. The fourth-order valence-corrected chi connectivity index (χ4v) is 3.79. The van der Waals surface area contributed by atoms with Gasteiger partial charge in [-0.3, -0.25) is 4.79 Å². The van der Waals surface area contributed by atoms with E-state index in [4.69, 9.17) is 9.40 Å². The smallest absolute Gasteiger partial charge is 0.246 e. The van der Waals surface area contributed by atoms with Crippen LogP contribution in [0, 0.1) is 12.8 Å². The first-order valence-corrected chi connectivity index (χ1v) is 10.6. The molecule has 6 nitrogen and oxygen atoms in total. The molecule has 0 unspecified atom stereocenters. The van der Waals surface area contributed by atoms with E-state index in [0.29, 0.717) is 30.8 Å². The van der Waals surface area contributed by atoms with Gasteiger partial charge in [-0.25, -0.2) is 9.97 Å². The third-order valence-electron chi connectivity index (χ3n) is 5.80. The average molecular weight is 395 g/mol. The topological polar surface area (TPSA) is 62.5 Å². The van der Waals surface area contributed by atoms with Crippen LogP contribution in [0.15, 0.2) is 28.7 Å². The Hall–Kier alpha value is -2.63. The third kappa shape index (κ3) is 4.52.